The van der Waals surface area contributed by atoms with Crippen LogP contribution in [0, 0.1) is 0 Å². The van der Waals surface area contributed by atoms with Gasteiger partial charge in [-0.05, 0) is 13.0 Å². The van der Waals surface area contributed by atoms with Crippen LogP contribution in [-0.2, 0) is 0 Å². The Labute approximate surface area is 87.7 Å². The molecule has 0 saturated carbocycles. The van der Waals surface area contributed by atoms with Crippen LogP contribution in [-0.4, -0.2) is 15.2 Å². The molecular weight excluding hydrogens is 190 g/mol. The second-order valence-corrected chi connectivity index (χ2v) is 3.37. The van der Waals surface area contributed by atoms with Gasteiger partial charge in [0.15, 0.2) is 0 Å². The summed E-state index contributed by atoms with van der Waals surface area (Å²) >= 11 is 0. The molecule has 0 aliphatic heterocycles. The molecule has 1 atom stereocenters. The first-order chi connectivity index (χ1) is 7.25. The maximum atomic E-state index is 5.65. The summed E-state index contributed by atoms with van der Waals surface area (Å²) in [4.78, 5) is 4.17. The van der Waals surface area contributed by atoms with Crippen LogP contribution in [0.3, 0.4) is 0 Å². The van der Waals surface area contributed by atoms with Crippen molar-refractivity contribution in [1.29, 1.82) is 0 Å². The molecule has 0 radical (unpaired) electrons. The average molecular weight is 203 g/mol. The van der Waals surface area contributed by atoms with Crippen molar-refractivity contribution in [3.63, 3.8) is 0 Å². The van der Waals surface area contributed by atoms with Crippen LogP contribution in [0.25, 0.3) is 0 Å². The highest BCUT2D eigenvalue weighted by Crippen LogP contribution is 2.17. The lowest BCUT2D eigenvalue weighted by Gasteiger charge is -2.12. The summed E-state index contributed by atoms with van der Waals surface area (Å²) in [5.41, 5.74) is 7.44. The molecule has 2 aromatic rings. The summed E-state index contributed by atoms with van der Waals surface area (Å²) in [5, 5.41) is 9.90. The van der Waals surface area contributed by atoms with Crippen LogP contribution in [0.4, 0.5) is 11.5 Å². The SMILES string of the molecule is CC(Nc1cc(N)ccn1)c1cn[nH]c1. The Bertz CT molecular complexity index is 423. The minimum absolute atomic E-state index is 0.151. The van der Waals surface area contributed by atoms with Crippen molar-refractivity contribution in [3.05, 3.63) is 36.3 Å². The second kappa shape index (κ2) is 4.00. The lowest BCUT2D eigenvalue weighted by atomic mass is 10.2. The molecule has 0 amide bonds. The number of nitrogen functional groups attached to an aromatic ring is 1. The Morgan fingerprint density at radius 2 is 2.40 bits per heavy atom. The molecule has 0 aliphatic carbocycles. The zero-order chi connectivity index (χ0) is 10.7. The number of hydrogen-bond acceptors (Lipinski definition) is 4. The third-order valence-electron chi connectivity index (χ3n) is 2.17. The van der Waals surface area contributed by atoms with Gasteiger partial charge in [0.2, 0.25) is 0 Å². The number of nitrogens with zero attached hydrogens (tertiary/aromatic N) is 2. The van der Waals surface area contributed by atoms with Gasteiger partial charge in [0, 0.05) is 29.7 Å². The molecular formula is C10H13N5. The molecule has 2 rings (SSSR count). The maximum absolute atomic E-state index is 5.65. The van der Waals surface area contributed by atoms with E-state index in [4.69, 9.17) is 5.73 Å². The van der Waals surface area contributed by atoms with E-state index in [-0.39, 0.29) is 6.04 Å². The van der Waals surface area contributed by atoms with Gasteiger partial charge in [-0.2, -0.15) is 5.10 Å². The fraction of sp³-hybridized carbons (Fsp3) is 0.200. The second-order valence-electron chi connectivity index (χ2n) is 3.37. The van der Waals surface area contributed by atoms with E-state index < -0.39 is 0 Å². The first kappa shape index (κ1) is 9.51. The number of rotatable bonds is 3. The quantitative estimate of drug-likeness (QED) is 0.707. The molecule has 5 heteroatoms. The Morgan fingerprint density at radius 1 is 1.53 bits per heavy atom. The molecule has 4 N–H and O–H groups in total. The predicted octanol–water partition coefficient (Wildman–Crippen LogP) is 1.56. The third-order valence-corrected chi connectivity index (χ3v) is 2.17. The number of aromatic nitrogens is 3. The zero-order valence-corrected chi connectivity index (χ0v) is 8.44. The van der Waals surface area contributed by atoms with E-state index in [1.807, 2.05) is 13.1 Å². The Balaban J connectivity index is 2.09. The number of hydrogen-bond donors (Lipinski definition) is 3. The fourth-order valence-electron chi connectivity index (χ4n) is 1.33. The Morgan fingerprint density at radius 3 is 3.07 bits per heavy atom. The first-order valence-corrected chi connectivity index (χ1v) is 4.72. The number of anilines is 2. The molecule has 78 valence electrons. The number of nitrogens with one attached hydrogen (secondary N) is 2. The fourth-order valence-corrected chi connectivity index (χ4v) is 1.33. The highest BCUT2D eigenvalue weighted by molar-refractivity contribution is 5.49. The summed E-state index contributed by atoms with van der Waals surface area (Å²) < 4.78 is 0. The summed E-state index contributed by atoms with van der Waals surface area (Å²) in [6, 6.07) is 3.71. The standard InChI is InChI=1S/C10H13N5/c1-7(8-5-13-14-6-8)15-10-4-9(11)2-3-12-10/h2-7H,1H3,(H,13,14)(H3,11,12,15). The van der Waals surface area contributed by atoms with Crippen molar-refractivity contribution in [2.75, 3.05) is 11.1 Å². The van der Waals surface area contributed by atoms with Crippen LogP contribution >= 0.6 is 0 Å². The molecule has 0 spiro atoms. The third kappa shape index (κ3) is 2.25. The summed E-state index contributed by atoms with van der Waals surface area (Å²) in [6.45, 7) is 2.04. The number of pyridine rings is 1. The van der Waals surface area contributed by atoms with Gasteiger partial charge in [-0.3, -0.25) is 5.10 Å². The van der Waals surface area contributed by atoms with Gasteiger partial charge >= 0.3 is 0 Å². The number of nitrogens with two attached hydrogens (primary N) is 1. The molecule has 5 nitrogen and oxygen atoms in total. The summed E-state index contributed by atoms with van der Waals surface area (Å²) in [6.07, 6.45) is 5.31. The maximum Gasteiger partial charge on any atom is 0.128 e. The largest absolute Gasteiger partial charge is 0.399 e. The highest BCUT2D eigenvalue weighted by atomic mass is 15.1. The van der Waals surface area contributed by atoms with Crippen LogP contribution in [0.2, 0.25) is 0 Å². The monoisotopic (exact) mass is 203 g/mol. The molecule has 0 fully saturated rings. The van der Waals surface area contributed by atoms with Crippen molar-refractivity contribution in [2.24, 2.45) is 0 Å². The highest BCUT2D eigenvalue weighted by Gasteiger charge is 2.06. The topological polar surface area (TPSA) is 79.6 Å². The van der Waals surface area contributed by atoms with Gasteiger partial charge in [-0.25, -0.2) is 4.98 Å². The van der Waals surface area contributed by atoms with E-state index >= 15 is 0 Å². The van der Waals surface area contributed by atoms with E-state index in [1.54, 1.807) is 24.5 Å². The van der Waals surface area contributed by atoms with Crippen LogP contribution in [0.15, 0.2) is 30.7 Å². The smallest absolute Gasteiger partial charge is 0.128 e. The number of H-pyrrole nitrogens is 1. The average Bonchev–Trinajstić information content (AvgIpc) is 2.70. The van der Waals surface area contributed by atoms with Crippen molar-refractivity contribution in [1.82, 2.24) is 15.2 Å². The van der Waals surface area contributed by atoms with Gasteiger partial charge in [0.05, 0.1) is 12.2 Å². The normalized spacial score (nSPS) is 12.3. The van der Waals surface area contributed by atoms with E-state index in [2.05, 4.69) is 20.5 Å². The minimum Gasteiger partial charge on any atom is -0.399 e. The van der Waals surface area contributed by atoms with Crippen LogP contribution in [0.1, 0.15) is 18.5 Å². The lowest BCUT2D eigenvalue weighted by Crippen LogP contribution is -2.07. The van der Waals surface area contributed by atoms with Crippen LogP contribution in [0.5, 0.6) is 0 Å². The number of aromatic amines is 1. The van der Waals surface area contributed by atoms with Gasteiger partial charge in [0.1, 0.15) is 5.82 Å². The lowest BCUT2D eigenvalue weighted by molar-refractivity contribution is 0.876. The first-order valence-electron chi connectivity index (χ1n) is 4.72. The van der Waals surface area contributed by atoms with Crippen molar-refractivity contribution < 1.29 is 0 Å². The van der Waals surface area contributed by atoms with Gasteiger partial charge in [0.25, 0.3) is 0 Å². The van der Waals surface area contributed by atoms with E-state index in [9.17, 15) is 0 Å². The molecule has 0 saturated heterocycles. The molecule has 2 heterocycles. The van der Waals surface area contributed by atoms with E-state index in [0.717, 1.165) is 11.4 Å². The van der Waals surface area contributed by atoms with Crippen molar-refractivity contribution in [3.8, 4) is 0 Å². The Hall–Kier alpha value is -2.04. The molecule has 0 aromatic carbocycles. The zero-order valence-electron chi connectivity index (χ0n) is 8.44. The van der Waals surface area contributed by atoms with Crippen LogP contribution < -0.4 is 11.1 Å². The molecule has 1 unspecified atom stereocenters. The summed E-state index contributed by atoms with van der Waals surface area (Å²) in [7, 11) is 0. The van der Waals surface area contributed by atoms with Crippen molar-refractivity contribution in [2.45, 2.75) is 13.0 Å². The predicted molar refractivity (Wildman–Crippen MR) is 59.3 cm³/mol. The van der Waals surface area contributed by atoms with Gasteiger partial charge < -0.3 is 11.1 Å². The Kier molecular flexibility index (Phi) is 2.53. The molecule has 0 bridgehead atoms. The van der Waals surface area contributed by atoms with Gasteiger partial charge in [-0.15, -0.1) is 0 Å². The molecule has 2 aromatic heterocycles. The summed E-state index contributed by atoms with van der Waals surface area (Å²) in [5.74, 6) is 0.767. The van der Waals surface area contributed by atoms with Gasteiger partial charge in [-0.1, -0.05) is 0 Å². The molecule has 15 heavy (non-hydrogen) atoms. The van der Waals surface area contributed by atoms with E-state index in [1.165, 1.54) is 0 Å². The molecule has 0 aliphatic rings. The minimum atomic E-state index is 0.151. The van der Waals surface area contributed by atoms with Crippen molar-refractivity contribution >= 4 is 11.5 Å². The van der Waals surface area contributed by atoms with E-state index in [0.29, 0.717) is 5.69 Å².